The Kier molecular flexibility index (Phi) is 7.17. The third-order valence-electron chi connectivity index (χ3n) is 6.52. The molecule has 4 rings (SSSR count). The Morgan fingerprint density at radius 2 is 1.77 bits per heavy atom. The molecule has 1 amide bonds. The monoisotopic (exact) mass is 512 g/mol. The van der Waals surface area contributed by atoms with Gasteiger partial charge in [-0.2, -0.15) is 9.41 Å². The minimum Gasteiger partial charge on any atom is -0.318 e. The zero-order valence-corrected chi connectivity index (χ0v) is 21.8. The fourth-order valence-electron chi connectivity index (χ4n) is 4.45. The highest BCUT2D eigenvalue weighted by atomic mass is 35.5. The Morgan fingerprint density at radius 1 is 1.06 bits per heavy atom. The van der Waals surface area contributed by atoms with Crippen LogP contribution in [-0.2, 0) is 14.8 Å². The zero-order valence-electron chi connectivity index (χ0n) is 20.2. The van der Waals surface area contributed by atoms with E-state index < -0.39 is 22.0 Å². The number of carbonyl (C=O) groups excluding carboxylic acids is 1. The second-order valence-corrected chi connectivity index (χ2v) is 11.2. The molecular formula is C26H29ClN4O3S. The van der Waals surface area contributed by atoms with Gasteiger partial charge in [-0.25, -0.2) is 13.8 Å². The van der Waals surface area contributed by atoms with E-state index in [0.29, 0.717) is 17.9 Å². The number of hydrazone groups is 1. The summed E-state index contributed by atoms with van der Waals surface area (Å²) >= 11 is 5.89. The average Bonchev–Trinajstić information content (AvgIpc) is 3.41. The second-order valence-electron chi connectivity index (χ2n) is 8.89. The van der Waals surface area contributed by atoms with Crippen LogP contribution in [0.1, 0.15) is 40.9 Å². The molecular weight excluding hydrogens is 484 g/mol. The van der Waals surface area contributed by atoms with Crippen LogP contribution in [0.2, 0.25) is 5.02 Å². The minimum absolute atomic E-state index is 0.115. The van der Waals surface area contributed by atoms with Crippen LogP contribution < -0.4 is 5.43 Å². The number of sulfonamides is 1. The van der Waals surface area contributed by atoms with Gasteiger partial charge in [0.2, 0.25) is 10.0 Å². The second kappa shape index (κ2) is 9.97. The number of nitrogens with zero attached hydrogens (tertiary/aromatic N) is 3. The third-order valence-corrected chi connectivity index (χ3v) is 8.70. The number of rotatable bonds is 6. The number of amides is 1. The molecule has 1 aliphatic rings. The van der Waals surface area contributed by atoms with Crippen LogP contribution in [0.15, 0.2) is 58.5 Å². The predicted octanol–water partition coefficient (Wildman–Crippen LogP) is 4.67. The summed E-state index contributed by atoms with van der Waals surface area (Å²) in [4.78, 5) is 13.0. The van der Waals surface area contributed by atoms with Gasteiger partial charge >= 0.3 is 0 Å². The molecule has 2 aromatic carbocycles. The van der Waals surface area contributed by atoms with Gasteiger partial charge in [-0.1, -0.05) is 17.7 Å². The van der Waals surface area contributed by atoms with Crippen molar-refractivity contribution >= 4 is 33.7 Å². The van der Waals surface area contributed by atoms with E-state index in [9.17, 15) is 13.2 Å². The molecule has 184 valence electrons. The van der Waals surface area contributed by atoms with Crippen molar-refractivity contribution in [2.45, 2.75) is 51.5 Å². The van der Waals surface area contributed by atoms with Gasteiger partial charge in [0.25, 0.3) is 5.91 Å². The number of benzene rings is 2. The van der Waals surface area contributed by atoms with Crippen molar-refractivity contribution in [1.82, 2.24) is 14.3 Å². The lowest BCUT2D eigenvalue weighted by Crippen LogP contribution is -2.44. The molecule has 0 bridgehead atoms. The molecule has 0 spiro atoms. The first-order valence-corrected chi connectivity index (χ1v) is 13.3. The summed E-state index contributed by atoms with van der Waals surface area (Å²) in [5, 5.41) is 4.60. The molecule has 1 atom stereocenters. The lowest BCUT2D eigenvalue weighted by molar-refractivity contribution is -0.124. The van der Waals surface area contributed by atoms with E-state index in [1.54, 1.807) is 6.21 Å². The molecule has 1 aliphatic heterocycles. The fourth-order valence-corrected chi connectivity index (χ4v) is 6.23. The largest absolute Gasteiger partial charge is 0.318 e. The summed E-state index contributed by atoms with van der Waals surface area (Å²) in [5.41, 5.74) is 8.98. The molecule has 1 fully saturated rings. The van der Waals surface area contributed by atoms with Crippen molar-refractivity contribution in [2.75, 3.05) is 6.54 Å². The Labute approximate surface area is 211 Å². The first-order valence-electron chi connectivity index (χ1n) is 11.5. The van der Waals surface area contributed by atoms with E-state index in [1.807, 2.05) is 19.9 Å². The van der Waals surface area contributed by atoms with Crippen LogP contribution >= 0.6 is 11.6 Å². The van der Waals surface area contributed by atoms with E-state index >= 15 is 0 Å². The third kappa shape index (κ3) is 5.05. The van der Waals surface area contributed by atoms with Crippen molar-refractivity contribution in [1.29, 1.82) is 0 Å². The van der Waals surface area contributed by atoms with E-state index in [1.165, 1.54) is 39.7 Å². The highest BCUT2D eigenvalue weighted by molar-refractivity contribution is 7.89. The molecule has 0 saturated carbocycles. The van der Waals surface area contributed by atoms with Crippen molar-refractivity contribution in [3.63, 3.8) is 0 Å². The summed E-state index contributed by atoms with van der Waals surface area (Å²) in [6, 6.07) is 13.5. The standard InChI is InChI=1S/C26H29ClN4O3S/c1-17-7-10-23(14-18(17)2)31-19(3)15-21(20(31)4)16-28-29-26(32)25-6-5-13-30(25)35(33,34)24-11-8-22(27)9-12-24/h7-12,14-16,25H,5-6,13H2,1-4H3,(H,29,32)/b28-16-/t25-/m1/s1. The smallest absolute Gasteiger partial charge is 0.258 e. The van der Waals surface area contributed by atoms with Crippen LogP contribution in [-0.4, -0.2) is 42.0 Å². The number of aryl methyl sites for hydroxylation is 3. The van der Waals surface area contributed by atoms with Crippen molar-refractivity contribution in [2.24, 2.45) is 5.10 Å². The number of nitrogens with one attached hydrogen (secondary N) is 1. The van der Waals surface area contributed by atoms with Crippen LogP contribution in [0.25, 0.3) is 5.69 Å². The van der Waals surface area contributed by atoms with Crippen LogP contribution in [0.5, 0.6) is 0 Å². The maximum Gasteiger partial charge on any atom is 0.258 e. The van der Waals surface area contributed by atoms with Gasteiger partial charge in [0.1, 0.15) is 6.04 Å². The Morgan fingerprint density at radius 3 is 2.46 bits per heavy atom. The predicted molar refractivity (Wildman–Crippen MR) is 139 cm³/mol. The van der Waals surface area contributed by atoms with Crippen LogP contribution in [0.4, 0.5) is 0 Å². The highest BCUT2D eigenvalue weighted by Crippen LogP contribution is 2.27. The summed E-state index contributed by atoms with van der Waals surface area (Å²) < 4.78 is 29.6. The Hall–Kier alpha value is -2.94. The Bertz CT molecular complexity index is 1390. The van der Waals surface area contributed by atoms with Gasteiger partial charge in [0.05, 0.1) is 11.1 Å². The molecule has 0 radical (unpaired) electrons. The van der Waals surface area contributed by atoms with Gasteiger partial charge in [0, 0.05) is 34.2 Å². The maximum atomic E-state index is 13.1. The molecule has 9 heteroatoms. The Balaban J connectivity index is 1.49. The van der Waals surface area contributed by atoms with Crippen molar-refractivity contribution in [3.05, 3.63) is 81.6 Å². The molecule has 0 unspecified atom stereocenters. The molecule has 3 aromatic rings. The summed E-state index contributed by atoms with van der Waals surface area (Å²) in [5.74, 6) is -0.445. The lowest BCUT2D eigenvalue weighted by atomic mass is 10.1. The van der Waals surface area contributed by atoms with Gasteiger partial charge in [0.15, 0.2) is 0 Å². The highest BCUT2D eigenvalue weighted by Gasteiger charge is 2.39. The number of carbonyl (C=O) groups is 1. The minimum atomic E-state index is -3.81. The average molecular weight is 513 g/mol. The number of halogens is 1. The molecule has 1 N–H and O–H groups in total. The number of hydrogen-bond acceptors (Lipinski definition) is 4. The van der Waals surface area contributed by atoms with Gasteiger partial charge in [-0.15, -0.1) is 0 Å². The van der Waals surface area contributed by atoms with E-state index in [-0.39, 0.29) is 11.4 Å². The normalized spacial score (nSPS) is 16.8. The fraction of sp³-hybridized carbons (Fsp3) is 0.308. The van der Waals surface area contributed by atoms with Gasteiger partial charge in [-0.05, 0) is 94.1 Å². The first kappa shape index (κ1) is 25.2. The molecule has 1 aromatic heterocycles. The summed E-state index contributed by atoms with van der Waals surface area (Å²) in [7, 11) is -3.81. The van der Waals surface area contributed by atoms with Gasteiger partial charge in [-0.3, -0.25) is 4.79 Å². The molecule has 7 nitrogen and oxygen atoms in total. The van der Waals surface area contributed by atoms with Crippen LogP contribution in [0, 0.1) is 27.7 Å². The molecule has 1 saturated heterocycles. The first-order chi connectivity index (χ1) is 16.6. The molecule has 2 heterocycles. The lowest BCUT2D eigenvalue weighted by Gasteiger charge is -2.22. The number of aromatic nitrogens is 1. The molecule has 0 aliphatic carbocycles. The van der Waals surface area contributed by atoms with Crippen molar-refractivity contribution < 1.29 is 13.2 Å². The van der Waals surface area contributed by atoms with E-state index in [4.69, 9.17) is 11.6 Å². The zero-order chi connectivity index (χ0) is 25.3. The van der Waals surface area contributed by atoms with E-state index in [0.717, 1.165) is 22.6 Å². The quantitative estimate of drug-likeness (QED) is 0.385. The topological polar surface area (TPSA) is 83.8 Å². The maximum absolute atomic E-state index is 13.1. The number of hydrogen-bond donors (Lipinski definition) is 1. The van der Waals surface area contributed by atoms with Gasteiger partial charge < -0.3 is 4.57 Å². The van der Waals surface area contributed by atoms with E-state index in [2.05, 4.69) is 47.1 Å². The van der Waals surface area contributed by atoms with Crippen LogP contribution in [0.3, 0.4) is 0 Å². The molecule has 35 heavy (non-hydrogen) atoms. The summed E-state index contributed by atoms with van der Waals surface area (Å²) in [6.45, 7) is 8.48. The SMILES string of the molecule is Cc1ccc(-n2c(C)cc(/C=N\NC(=O)[C@H]3CCCN3S(=O)(=O)c3ccc(Cl)cc3)c2C)cc1C. The summed E-state index contributed by atoms with van der Waals surface area (Å²) in [6.07, 6.45) is 2.64. The van der Waals surface area contributed by atoms with Crippen molar-refractivity contribution in [3.8, 4) is 5.69 Å².